The third kappa shape index (κ3) is 23.5. The molecule has 26 heteroatoms. The van der Waals surface area contributed by atoms with Gasteiger partial charge >= 0.3 is 0 Å². The number of rotatable bonds is 5. The summed E-state index contributed by atoms with van der Waals surface area (Å²) in [6.07, 6.45) is -22.3. The van der Waals surface area contributed by atoms with Crippen LogP contribution in [0.15, 0.2) is 0 Å². The maximum atomic E-state index is 9.84. The van der Waals surface area contributed by atoms with E-state index >= 15 is 0 Å². The van der Waals surface area contributed by atoms with Crippen LogP contribution in [0.2, 0.25) is 0 Å². The molecule has 26 nitrogen and oxygen atoms in total. The summed E-state index contributed by atoms with van der Waals surface area (Å²) in [6.45, 7) is 36.9. The van der Waals surface area contributed by atoms with Crippen molar-refractivity contribution in [3.05, 3.63) is 0 Å². The Morgan fingerprint density at radius 1 is 0.271 bits per heavy atom. The van der Waals surface area contributed by atoms with E-state index in [4.69, 9.17) is 54.0 Å². The van der Waals surface area contributed by atoms with Gasteiger partial charge in [0.25, 0.3) is 0 Å². The summed E-state index contributed by atoms with van der Waals surface area (Å²) in [5.41, 5.74) is -1.45. The van der Waals surface area contributed by atoms with Crippen LogP contribution in [-0.2, 0) is 28.4 Å². The fraction of sp³-hybridized carbons (Fsp3) is 1.00. The molecule has 0 aromatic rings. The summed E-state index contributed by atoms with van der Waals surface area (Å²) < 4.78 is 32.3. The van der Waals surface area contributed by atoms with E-state index in [9.17, 15) is 76.6 Å². The van der Waals surface area contributed by atoms with Crippen LogP contribution in [0.1, 0.15) is 138 Å². The second kappa shape index (κ2) is 35.7. The standard InChI is InChI=1S/C11H22O4.3C10H20O5.C9H18O4.C7H14O3.C2H6/c1-6-8(13)9(14)7(5-12)15-10(6)11(2,3)4;3*1-10(2,3)9-8(14)7(13)6(12)5(4-11)15-9;1-9(2,3)8-7(12)6(11)5(10)4-13-8;1-4-5(2)10-6(3-8)7(4)9;1-2/h6-10,12-14H,5H2,1-4H3;3*5-9,11-14H,4H2,1-3H3;5-8,10-12H,4H2,1-3H3;4-9H,3H2,1-2H3;1-2H3/t;;;;;4-,5-,6+,7-;/m.....0./s1. The molecule has 28 atom stereocenters. The van der Waals surface area contributed by atoms with Gasteiger partial charge in [0, 0.05) is 11.8 Å². The first-order chi connectivity index (χ1) is 38.6. The van der Waals surface area contributed by atoms with Crippen LogP contribution in [0.25, 0.3) is 0 Å². The first-order valence-corrected chi connectivity index (χ1v) is 29.8. The van der Waals surface area contributed by atoms with E-state index in [0.29, 0.717) is 0 Å². The van der Waals surface area contributed by atoms with Gasteiger partial charge in [-0.25, -0.2) is 0 Å². The molecule has 6 aliphatic rings. The Bertz CT molecular complexity index is 1590. The van der Waals surface area contributed by atoms with Crippen molar-refractivity contribution in [2.24, 2.45) is 38.9 Å². The summed E-state index contributed by atoms with van der Waals surface area (Å²) >= 11 is 0. The summed E-state index contributed by atoms with van der Waals surface area (Å²) in [4.78, 5) is 0. The lowest BCUT2D eigenvalue weighted by atomic mass is 9.76. The fourth-order valence-electron chi connectivity index (χ4n) is 10.5. The van der Waals surface area contributed by atoms with Crippen LogP contribution in [0.3, 0.4) is 0 Å². The van der Waals surface area contributed by atoms with Crippen molar-refractivity contribution in [1.29, 1.82) is 0 Å². The van der Waals surface area contributed by atoms with Crippen molar-refractivity contribution in [3.63, 3.8) is 0 Å². The van der Waals surface area contributed by atoms with E-state index in [1.165, 1.54) is 0 Å². The lowest BCUT2D eigenvalue weighted by Gasteiger charge is -2.46. The van der Waals surface area contributed by atoms with Gasteiger partial charge in [-0.2, -0.15) is 0 Å². The molecule has 6 fully saturated rings. The van der Waals surface area contributed by atoms with Crippen LogP contribution in [0.5, 0.6) is 0 Å². The third-order valence-corrected chi connectivity index (χ3v) is 15.9. The molecular formula is C59H120O26. The molecule has 512 valence electrons. The summed E-state index contributed by atoms with van der Waals surface area (Å²) in [7, 11) is 0. The second-order valence-electron chi connectivity index (χ2n) is 28.4. The predicted octanol–water partition coefficient (Wildman–Crippen LogP) is -2.92. The Balaban J connectivity index is 0.000000994. The molecule has 20 N–H and O–H groups in total. The monoisotopic (exact) mass is 1240 g/mol. The lowest BCUT2D eigenvalue weighted by Crippen LogP contribution is -2.61. The highest BCUT2D eigenvalue weighted by Crippen LogP contribution is 2.38. The molecule has 0 aromatic carbocycles. The second-order valence-corrected chi connectivity index (χ2v) is 28.4. The molecule has 6 rings (SSSR count). The van der Waals surface area contributed by atoms with Crippen LogP contribution < -0.4 is 0 Å². The van der Waals surface area contributed by atoms with E-state index in [1.54, 1.807) is 0 Å². The highest BCUT2D eigenvalue weighted by molar-refractivity contribution is 5.00. The largest absolute Gasteiger partial charge is 0.394 e. The van der Waals surface area contributed by atoms with Crippen LogP contribution in [0, 0.1) is 38.9 Å². The number of hydrogen-bond donors (Lipinski definition) is 20. The minimum atomic E-state index is -1.28. The van der Waals surface area contributed by atoms with Gasteiger partial charge in [0.2, 0.25) is 0 Å². The molecule has 6 aliphatic heterocycles. The number of hydrogen-bond acceptors (Lipinski definition) is 26. The van der Waals surface area contributed by atoms with E-state index in [-0.39, 0.29) is 96.9 Å². The van der Waals surface area contributed by atoms with E-state index in [2.05, 4.69) is 0 Å². The Kier molecular flexibility index (Phi) is 35.3. The zero-order valence-corrected chi connectivity index (χ0v) is 54.3. The summed E-state index contributed by atoms with van der Waals surface area (Å²) in [6, 6.07) is 0. The first-order valence-electron chi connectivity index (χ1n) is 29.8. The Labute approximate surface area is 504 Å². The van der Waals surface area contributed by atoms with Gasteiger partial charge in [-0.3, -0.25) is 0 Å². The smallest absolute Gasteiger partial charge is 0.111 e. The molecule has 0 saturated carbocycles. The highest BCUT2D eigenvalue weighted by Gasteiger charge is 2.51. The summed E-state index contributed by atoms with van der Waals surface area (Å²) in [5.74, 6) is -0.0000463. The summed E-state index contributed by atoms with van der Waals surface area (Å²) in [5, 5.41) is 188. The van der Waals surface area contributed by atoms with Crippen LogP contribution >= 0.6 is 0 Å². The molecule has 0 bridgehead atoms. The number of ether oxygens (including phenoxy) is 6. The minimum Gasteiger partial charge on any atom is -0.394 e. The van der Waals surface area contributed by atoms with Crippen molar-refractivity contribution in [1.82, 2.24) is 0 Å². The highest BCUT2D eigenvalue weighted by atomic mass is 16.6. The van der Waals surface area contributed by atoms with Crippen molar-refractivity contribution < 1.29 is 131 Å². The third-order valence-electron chi connectivity index (χ3n) is 15.9. The molecule has 0 spiro atoms. The minimum absolute atomic E-state index is 0.0622. The van der Waals surface area contributed by atoms with Gasteiger partial charge in [0.15, 0.2) is 0 Å². The maximum absolute atomic E-state index is 9.84. The average molecular weight is 1250 g/mol. The SMILES string of the molecule is CC.CC(C)(C)C1OC(CO)C(O)C(O)C1O.CC(C)(C)C1OC(CO)C(O)C(O)C1O.CC(C)(C)C1OC(CO)C(O)C(O)C1O.CC(C)(C)C1OCC(O)C(O)C1O.CC1C(O)C(O)C(CO)OC1C(C)(C)C.C[C@@H]1[C@H](O)[C@@H](CO)O[C@H]1C. The molecule has 85 heavy (non-hydrogen) atoms. The number of aliphatic hydroxyl groups is 20. The molecular weight excluding hydrogens is 1120 g/mol. The van der Waals surface area contributed by atoms with Gasteiger partial charge < -0.3 is 131 Å². The van der Waals surface area contributed by atoms with E-state index in [0.717, 1.165) is 0 Å². The van der Waals surface area contributed by atoms with Gasteiger partial charge in [-0.05, 0) is 34.0 Å². The van der Waals surface area contributed by atoms with E-state index < -0.39 is 140 Å². The van der Waals surface area contributed by atoms with Crippen LogP contribution in [-0.4, -0.2) is 300 Å². The lowest BCUT2D eigenvalue weighted by molar-refractivity contribution is -0.250. The molecule has 6 heterocycles. The van der Waals surface area contributed by atoms with Crippen molar-refractivity contribution in [2.45, 2.75) is 297 Å². The number of aliphatic hydroxyl groups excluding tert-OH is 20. The Hall–Kier alpha value is -1.04. The average Bonchev–Trinajstić information content (AvgIpc) is 3.68. The van der Waals surface area contributed by atoms with Gasteiger partial charge in [0.1, 0.15) is 110 Å². The van der Waals surface area contributed by atoms with Crippen molar-refractivity contribution >= 4 is 0 Å². The van der Waals surface area contributed by atoms with Gasteiger partial charge in [-0.15, -0.1) is 0 Å². The molecule has 0 radical (unpaired) electrons. The Morgan fingerprint density at radius 2 is 0.506 bits per heavy atom. The first kappa shape index (κ1) is 84.0. The van der Waals surface area contributed by atoms with Gasteiger partial charge in [0.05, 0.1) is 88.5 Å². The van der Waals surface area contributed by atoms with Crippen LogP contribution in [0.4, 0.5) is 0 Å². The fourth-order valence-corrected chi connectivity index (χ4v) is 10.5. The van der Waals surface area contributed by atoms with Crippen molar-refractivity contribution in [2.75, 3.05) is 39.6 Å². The predicted molar refractivity (Wildman–Crippen MR) is 311 cm³/mol. The maximum Gasteiger partial charge on any atom is 0.111 e. The topological polar surface area (TPSA) is 460 Å². The normalized spacial score (nSPS) is 42.5. The zero-order valence-electron chi connectivity index (χ0n) is 54.3. The molecule has 0 aliphatic carbocycles. The quantitative estimate of drug-likeness (QED) is 0.131. The molecule has 0 amide bonds. The molecule has 0 aromatic heterocycles. The van der Waals surface area contributed by atoms with E-state index in [1.807, 2.05) is 138 Å². The Morgan fingerprint density at radius 3 is 0.729 bits per heavy atom. The molecule has 6 saturated heterocycles. The molecule has 24 unspecified atom stereocenters. The zero-order chi connectivity index (χ0) is 67.2. The van der Waals surface area contributed by atoms with Crippen molar-refractivity contribution in [3.8, 4) is 0 Å². The van der Waals surface area contributed by atoms with Gasteiger partial charge in [-0.1, -0.05) is 132 Å².